The zero-order valence-corrected chi connectivity index (χ0v) is 11.8. The molecule has 1 aromatic carbocycles. The predicted molar refractivity (Wildman–Crippen MR) is 73.0 cm³/mol. The summed E-state index contributed by atoms with van der Waals surface area (Å²) in [6.07, 6.45) is -0.121. The van der Waals surface area contributed by atoms with E-state index in [4.69, 9.17) is 5.11 Å². The van der Waals surface area contributed by atoms with Gasteiger partial charge in [-0.25, -0.2) is 9.18 Å². The van der Waals surface area contributed by atoms with Crippen LogP contribution in [0.25, 0.3) is 0 Å². The quantitative estimate of drug-likeness (QED) is 0.804. The molecule has 2 amide bonds. The van der Waals surface area contributed by atoms with E-state index in [1.54, 1.807) is 0 Å². The van der Waals surface area contributed by atoms with Gasteiger partial charge in [-0.1, -0.05) is 0 Å². The Morgan fingerprint density at radius 3 is 2.72 bits per heavy atom. The highest BCUT2D eigenvalue weighted by Crippen LogP contribution is 2.19. The van der Waals surface area contributed by atoms with E-state index >= 15 is 0 Å². The fourth-order valence-electron chi connectivity index (χ4n) is 1.17. The molecule has 0 atom stereocenters. The summed E-state index contributed by atoms with van der Waals surface area (Å²) in [6, 6.07) is 3.57. The molecule has 0 unspecified atom stereocenters. The Bertz CT molecular complexity index is 468. The molecule has 0 spiro atoms. The summed E-state index contributed by atoms with van der Waals surface area (Å²) < 4.78 is 13.4. The molecule has 0 bridgehead atoms. The van der Waals surface area contributed by atoms with Gasteiger partial charge < -0.3 is 15.3 Å². The average Bonchev–Trinajstić information content (AvgIpc) is 2.29. The number of anilines is 1. The number of aliphatic carboxylic acids is 1. The number of carboxylic acids is 1. The summed E-state index contributed by atoms with van der Waals surface area (Å²) in [5, 5.41) is 11.1. The molecule has 18 heavy (non-hydrogen) atoms. The Labute approximate surface area is 117 Å². The number of rotatable bonds is 4. The minimum absolute atomic E-state index is 0.110. The van der Waals surface area contributed by atoms with Gasteiger partial charge >= 0.3 is 12.0 Å². The third kappa shape index (κ3) is 4.47. The zero-order chi connectivity index (χ0) is 13.7. The van der Waals surface area contributed by atoms with Gasteiger partial charge in [-0.3, -0.25) is 4.79 Å². The molecule has 98 valence electrons. The van der Waals surface area contributed by atoms with Crippen molar-refractivity contribution in [3.63, 3.8) is 0 Å². The Morgan fingerprint density at radius 2 is 2.17 bits per heavy atom. The molecule has 0 saturated carbocycles. The van der Waals surface area contributed by atoms with Crippen LogP contribution in [0.1, 0.15) is 6.42 Å². The number of urea groups is 1. The Hall–Kier alpha value is -1.38. The number of hydrogen-bond acceptors (Lipinski definition) is 2. The summed E-state index contributed by atoms with van der Waals surface area (Å²) in [4.78, 5) is 23.3. The van der Waals surface area contributed by atoms with Gasteiger partial charge in [0.15, 0.2) is 0 Å². The maximum absolute atomic E-state index is 12.9. The lowest BCUT2D eigenvalue weighted by Crippen LogP contribution is -2.33. The Morgan fingerprint density at radius 1 is 1.50 bits per heavy atom. The third-order valence-corrected chi connectivity index (χ3v) is 3.07. The van der Waals surface area contributed by atoms with Crippen LogP contribution in [0.5, 0.6) is 0 Å². The molecule has 0 radical (unpaired) electrons. The average molecular weight is 366 g/mol. The SMILES string of the molecule is CN(CCC(=O)O)C(=O)Nc1ccc(F)cc1I. The van der Waals surface area contributed by atoms with Crippen molar-refractivity contribution in [3.05, 3.63) is 27.6 Å². The Kier molecular flexibility index (Phi) is 5.32. The van der Waals surface area contributed by atoms with Crippen LogP contribution in [0, 0.1) is 9.39 Å². The molecule has 7 heteroatoms. The number of hydrogen-bond donors (Lipinski definition) is 2. The topological polar surface area (TPSA) is 69.6 Å². The molecule has 1 rings (SSSR count). The molecule has 0 aliphatic carbocycles. The molecular weight excluding hydrogens is 354 g/mol. The lowest BCUT2D eigenvalue weighted by molar-refractivity contribution is -0.137. The number of carboxylic acid groups (broad SMARTS) is 1. The van der Waals surface area contributed by atoms with Gasteiger partial charge in [-0.05, 0) is 40.8 Å². The minimum atomic E-state index is -0.967. The molecule has 2 N–H and O–H groups in total. The van der Waals surface area contributed by atoms with E-state index in [1.165, 1.54) is 30.1 Å². The number of nitrogens with one attached hydrogen (secondary N) is 1. The van der Waals surface area contributed by atoms with Crippen LogP contribution in [-0.2, 0) is 4.79 Å². The number of amides is 2. The molecule has 5 nitrogen and oxygen atoms in total. The van der Waals surface area contributed by atoms with Crippen molar-refractivity contribution in [1.29, 1.82) is 0 Å². The number of nitrogens with zero attached hydrogens (tertiary/aromatic N) is 1. The first kappa shape index (κ1) is 14.7. The second kappa shape index (κ2) is 6.53. The summed E-state index contributed by atoms with van der Waals surface area (Å²) in [6.45, 7) is 0.110. The van der Waals surface area contributed by atoms with Crippen LogP contribution in [0.15, 0.2) is 18.2 Å². The highest BCUT2D eigenvalue weighted by Gasteiger charge is 2.11. The van der Waals surface area contributed by atoms with E-state index in [0.29, 0.717) is 9.26 Å². The summed E-state index contributed by atoms with van der Waals surface area (Å²) in [7, 11) is 1.49. The van der Waals surface area contributed by atoms with Gasteiger partial charge in [0.1, 0.15) is 5.82 Å². The van der Waals surface area contributed by atoms with Crippen LogP contribution >= 0.6 is 22.6 Å². The van der Waals surface area contributed by atoms with E-state index < -0.39 is 12.0 Å². The lowest BCUT2D eigenvalue weighted by Gasteiger charge is -2.17. The fourth-order valence-corrected chi connectivity index (χ4v) is 1.78. The predicted octanol–water partition coefficient (Wildman–Crippen LogP) is 2.37. The largest absolute Gasteiger partial charge is 0.481 e. The zero-order valence-electron chi connectivity index (χ0n) is 9.61. The van der Waals surface area contributed by atoms with E-state index in [0.717, 1.165) is 0 Å². The maximum Gasteiger partial charge on any atom is 0.321 e. The maximum atomic E-state index is 12.9. The van der Waals surface area contributed by atoms with E-state index in [9.17, 15) is 14.0 Å². The van der Waals surface area contributed by atoms with Gasteiger partial charge in [-0.2, -0.15) is 0 Å². The van der Waals surface area contributed by atoms with Gasteiger partial charge in [-0.15, -0.1) is 0 Å². The first-order valence-electron chi connectivity index (χ1n) is 5.09. The summed E-state index contributed by atoms with van der Waals surface area (Å²) in [5.74, 6) is -1.34. The molecule has 0 fully saturated rings. The second-order valence-electron chi connectivity index (χ2n) is 3.62. The molecule has 0 aliphatic rings. The van der Waals surface area contributed by atoms with Crippen molar-refractivity contribution in [1.82, 2.24) is 4.90 Å². The molecule has 0 saturated heterocycles. The normalized spacial score (nSPS) is 9.94. The van der Waals surface area contributed by atoms with Crippen LogP contribution in [-0.4, -0.2) is 35.6 Å². The van der Waals surface area contributed by atoms with Gasteiger partial charge in [0.25, 0.3) is 0 Å². The van der Waals surface area contributed by atoms with Crippen molar-refractivity contribution in [2.45, 2.75) is 6.42 Å². The number of halogens is 2. The molecule has 0 aromatic heterocycles. The van der Waals surface area contributed by atoms with E-state index in [-0.39, 0.29) is 18.8 Å². The minimum Gasteiger partial charge on any atom is -0.481 e. The van der Waals surface area contributed by atoms with Gasteiger partial charge in [0.2, 0.25) is 0 Å². The Balaban J connectivity index is 2.61. The van der Waals surface area contributed by atoms with E-state index in [1.807, 2.05) is 22.6 Å². The lowest BCUT2D eigenvalue weighted by atomic mass is 10.3. The first-order valence-corrected chi connectivity index (χ1v) is 6.17. The van der Waals surface area contributed by atoms with E-state index in [2.05, 4.69) is 5.32 Å². The smallest absolute Gasteiger partial charge is 0.321 e. The molecular formula is C11H12FIN2O3. The number of carbonyl (C=O) groups excluding carboxylic acids is 1. The van der Waals surface area contributed by atoms with Crippen molar-refractivity contribution < 1.29 is 19.1 Å². The molecule has 1 aromatic rings. The van der Waals surface area contributed by atoms with Crippen LogP contribution in [0.3, 0.4) is 0 Å². The number of benzene rings is 1. The van der Waals surface area contributed by atoms with Crippen molar-refractivity contribution in [2.24, 2.45) is 0 Å². The van der Waals surface area contributed by atoms with Gasteiger partial charge in [0.05, 0.1) is 12.1 Å². The monoisotopic (exact) mass is 366 g/mol. The van der Waals surface area contributed by atoms with Gasteiger partial charge in [0, 0.05) is 17.2 Å². The molecule has 0 aliphatic heterocycles. The van der Waals surface area contributed by atoms with Crippen LogP contribution in [0.2, 0.25) is 0 Å². The summed E-state index contributed by atoms with van der Waals surface area (Å²) >= 11 is 1.91. The standard InChI is InChI=1S/C11H12FIN2O3/c1-15(5-4-10(16)17)11(18)14-9-3-2-7(12)6-8(9)13/h2-3,6H,4-5H2,1H3,(H,14,18)(H,16,17). The van der Waals surface area contributed by atoms with Crippen LogP contribution in [0.4, 0.5) is 14.9 Å². The highest BCUT2D eigenvalue weighted by molar-refractivity contribution is 14.1. The fraction of sp³-hybridized carbons (Fsp3) is 0.273. The first-order chi connectivity index (χ1) is 8.40. The molecule has 0 heterocycles. The highest BCUT2D eigenvalue weighted by atomic mass is 127. The third-order valence-electron chi connectivity index (χ3n) is 2.18. The van der Waals surface area contributed by atoms with Crippen LogP contribution < -0.4 is 5.32 Å². The van der Waals surface area contributed by atoms with Crippen molar-refractivity contribution in [3.8, 4) is 0 Å². The van der Waals surface area contributed by atoms with Crippen molar-refractivity contribution in [2.75, 3.05) is 18.9 Å². The summed E-state index contributed by atoms with van der Waals surface area (Å²) in [5.41, 5.74) is 0.490. The second-order valence-corrected chi connectivity index (χ2v) is 4.78. The van der Waals surface area contributed by atoms with Crippen molar-refractivity contribution >= 4 is 40.3 Å². The number of carbonyl (C=O) groups is 2.